The third-order valence-corrected chi connectivity index (χ3v) is 6.73. The molecule has 2 amide bonds. The fourth-order valence-electron chi connectivity index (χ4n) is 5.27. The Labute approximate surface area is 162 Å². The fourth-order valence-corrected chi connectivity index (χ4v) is 5.27. The number of nitro benzene ring substituents is 1. The molecule has 2 aliphatic carbocycles. The number of fused-ring (bicyclic) bond motifs is 5. The molecule has 2 heterocycles. The molecule has 28 heavy (non-hydrogen) atoms. The van der Waals surface area contributed by atoms with Crippen molar-refractivity contribution in [1.29, 1.82) is 0 Å². The summed E-state index contributed by atoms with van der Waals surface area (Å²) in [6.07, 6.45) is 4.95. The highest BCUT2D eigenvalue weighted by atomic mass is 16.6. The first kappa shape index (κ1) is 17.4. The maximum atomic E-state index is 13.0. The lowest BCUT2D eigenvalue weighted by Crippen LogP contribution is -2.44. The van der Waals surface area contributed by atoms with E-state index in [0.717, 1.165) is 19.5 Å². The highest BCUT2D eigenvalue weighted by molar-refractivity contribution is 6.23. The van der Waals surface area contributed by atoms with Gasteiger partial charge in [0.2, 0.25) is 11.8 Å². The van der Waals surface area contributed by atoms with Gasteiger partial charge in [0.15, 0.2) is 0 Å². The molecular formula is C20H22N4O4. The number of likely N-dealkylation sites (N-methyl/N-ethyl adjacent to an activating group) is 1. The summed E-state index contributed by atoms with van der Waals surface area (Å²) in [6.45, 7) is 3.08. The molecule has 0 aromatic heterocycles. The topological polar surface area (TPSA) is 87.0 Å². The molecule has 8 nitrogen and oxygen atoms in total. The van der Waals surface area contributed by atoms with Gasteiger partial charge in [0, 0.05) is 32.2 Å². The first-order chi connectivity index (χ1) is 13.5. The number of carbonyl (C=O) groups is 2. The van der Waals surface area contributed by atoms with Gasteiger partial charge in [0.1, 0.15) is 5.69 Å². The van der Waals surface area contributed by atoms with Crippen molar-refractivity contribution in [3.8, 4) is 0 Å². The minimum Gasteiger partial charge on any atom is -0.363 e. The van der Waals surface area contributed by atoms with Gasteiger partial charge in [0.05, 0.1) is 22.4 Å². The van der Waals surface area contributed by atoms with Crippen molar-refractivity contribution in [1.82, 2.24) is 4.90 Å². The Bertz CT molecular complexity index is 875. The highest BCUT2D eigenvalue weighted by Gasteiger charge is 2.59. The zero-order valence-corrected chi connectivity index (χ0v) is 15.7. The van der Waals surface area contributed by atoms with Gasteiger partial charge in [-0.15, -0.1) is 0 Å². The van der Waals surface area contributed by atoms with Crippen LogP contribution < -0.4 is 9.80 Å². The van der Waals surface area contributed by atoms with Crippen molar-refractivity contribution >= 4 is 28.9 Å². The third-order valence-electron chi connectivity index (χ3n) is 6.73. The van der Waals surface area contributed by atoms with E-state index in [4.69, 9.17) is 0 Å². The SMILES string of the molecule is CN1CCN(c2ccc(N3C(=O)C4[C@H]5C=C[C@H](C5)[C@H]4C3=O)cc2[N+](=O)[O-])CC1. The smallest absolute Gasteiger partial charge is 0.294 e. The molecule has 3 fully saturated rings. The first-order valence-electron chi connectivity index (χ1n) is 9.74. The van der Waals surface area contributed by atoms with Gasteiger partial charge in [-0.1, -0.05) is 12.2 Å². The minimum absolute atomic E-state index is 0.0548. The number of hydrogen-bond donors (Lipinski definition) is 0. The monoisotopic (exact) mass is 382 g/mol. The lowest BCUT2D eigenvalue weighted by molar-refractivity contribution is -0.384. The van der Waals surface area contributed by atoms with E-state index < -0.39 is 4.92 Å². The first-order valence-corrected chi connectivity index (χ1v) is 9.74. The molecule has 2 aliphatic heterocycles. The van der Waals surface area contributed by atoms with Gasteiger partial charge in [-0.3, -0.25) is 19.7 Å². The second-order valence-electron chi connectivity index (χ2n) is 8.23. The maximum Gasteiger partial charge on any atom is 0.294 e. The van der Waals surface area contributed by atoms with Gasteiger partial charge in [-0.2, -0.15) is 0 Å². The van der Waals surface area contributed by atoms with Crippen LogP contribution in [0.2, 0.25) is 0 Å². The second kappa shape index (κ2) is 6.13. The van der Waals surface area contributed by atoms with Crippen LogP contribution >= 0.6 is 0 Å². The molecule has 0 radical (unpaired) electrons. The van der Waals surface area contributed by atoms with E-state index in [1.54, 1.807) is 12.1 Å². The number of imide groups is 1. The highest BCUT2D eigenvalue weighted by Crippen LogP contribution is 2.53. The summed E-state index contributed by atoms with van der Waals surface area (Å²) in [7, 11) is 2.03. The Kier molecular flexibility index (Phi) is 3.80. The van der Waals surface area contributed by atoms with Crippen LogP contribution in [0.3, 0.4) is 0 Å². The molecule has 1 saturated carbocycles. The van der Waals surface area contributed by atoms with E-state index >= 15 is 0 Å². The molecule has 5 rings (SSSR count). The molecule has 4 aliphatic rings. The van der Waals surface area contributed by atoms with Gasteiger partial charge < -0.3 is 9.80 Å². The van der Waals surface area contributed by atoms with Crippen LogP contribution in [0.5, 0.6) is 0 Å². The largest absolute Gasteiger partial charge is 0.363 e. The lowest BCUT2D eigenvalue weighted by Gasteiger charge is -2.33. The lowest BCUT2D eigenvalue weighted by atomic mass is 9.85. The van der Waals surface area contributed by atoms with E-state index in [9.17, 15) is 19.7 Å². The predicted molar refractivity (Wildman–Crippen MR) is 103 cm³/mol. The van der Waals surface area contributed by atoms with Crippen molar-refractivity contribution in [2.45, 2.75) is 6.42 Å². The van der Waals surface area contributed by atoms with Crippen LogP contribution in [0.25, 0.3) is 0 Å². The quantitative estimate of drug-likeness (QED) is 0.342. The molecule has 4 atom stereocenters. The average Bonchev–Trinajstić information content (AvgIpc) is 3.36. The van der Waals surface area contributed by atoms with Crippen LogP contribution in [-0.4, -0.2) is 54.9 Å². The number of benzene rings is 1. The van der Waals surface area contributed by atoms with Crippen molar-refractivity contribution in [3.63, 3.8) is 0 Å². The summed E-state index contributed by atoms with van der Waals surface area (Å²) >= 11 is 0. The normalized spacial score (nSPS) is 31.8. The van der Waals surface area contributed by atoms with E-state index in [-0.39, 0.29) is 41.2 Å². The maximum absolute atomic E-state index is 13.0. The third kappa shape index (κ3) is 2.40. The number of piperazine rings is 1. The molecule has 146 valence electrons. The number of nitro groups is 1. The average molecular weight is 382 g/mol. The summed E-state index contributed by atoms with van der Waals surface area (Å²) < 4.78 is 0. The Morgan fingerprint density at radius 2 is 1.61 bits per heavy atom. The Hall–Kier alpha value is -2.74. The van der Waals surface area contributed by atoms with Crippen LogP contribution in [-0.2, 0) is 9.59 Å². The second-order valence-corrected chi connectivity index (χ2v) is 8.23. The van der Waals surface area contributed by atoms with Crippen molar-refractivity contribution in [2.75, 3.05) is 43.0 Å². The number of allylic oxidation sites excluding steroid dienone is 2. The summed E-state index contributed by atoms with van der Waals surface area (Å²) in [5.41, 5.74) is 0.803. The Morgan fingerprint density at radius 1 is 1.00 bits per heavy atom. The predicted octanol–water partition coefficient (Wildman–Crippen LogP) is 1.66. The van der Waals surface area contributed by atoms with Crippen molar-refractivity contribution < 1.29 is 14.5 Å². The molecule has 2 bridgehead atoms. The number of anilines is 2. The van der Waals surface area contributed by atoms with E-state index in [0.29, 0.717) is 24.5 Å². The van der Waals surface area contributed by atoms with Gasteiger partial charge in [-0.05, 0) is 37.4 Å². The Balaban J connectivity index is 1.48. The van der Waals surface area contributed by atoms with Gasteiger partial charge >= 0.3 is 0 Å². The standard InChI is InChI=1S/C20H22N4O4/c1-21-6-8-22(9-7-21)15-5-4-14(11-16(15)24(27)28)23-19(25)17-12-2-3-13(10-12)18(17)20(23)26/h2-5,11-13,17-18H,6-10H2,1H3/t12-,13+,17-,18?/m1/s1. The van der Waals surface area contributed by atoms with Crippen molar-refractivity contribution in [2.24, 2.45) is 23.7 Å². The van der Waals surface area contributed by atoms with E-state index in [1.807, 2.05) is 24.1 Å². The molecule has 1 unspecified atom stereocenters. The molecule has 0 spiro atoms. The molecular weight excluding hydrogens is 360 g/mol. The number of rotatable bonds is 3. The van der Waals surface area contributed by atoms with Crippen LogP contribution in [0, 0.1) is 33.8 Å². The van der Waals surface area contributed by atoms with Gasteiger partial charge in [-0.25, -0.2) is 4.90 Å². The van der Waals surface area contributed by atoms with Crippen LogP contribution in [0.1, 0.15) is 6.42 Å². The number of carbonyl (C=O) groups excluding carboxylic acids is 2. The van der Waals surface area contributed by atoms with Crippen molar-refractivity contribution in [3.05, 3.63) is 40.5 Å². The number of amides is 2. The van der Waals surface area contributed by atoms with Crippen LogP contribution in [0.4, 0.5) is 17.1 Å². The minimum atomic E-state index is -0.422. The summed E-state index contributed by atoms with van der Waals surface area (Å²) in [5, 5.41) is 11.7. The van der Waals surface area contributed by atoms with E-state index in [2.05, 4.69) is 4.90 Å². The van der Waals surface area contributed by atoms with E-state index in [1.165, 1.54) is 11.0 Å². The summed E-state index contributed by atoms with van der Waals surface area (Å²) in [5.74, 6) is -0.799. The molecule has 8 heteroatoms. The zero-order chi connectivity index (χ0) is 19.6. The molecule has 1 aromatic carbocycles. The number of nitrogens with zero attached hydrogens (tertiary/aromatic N) is 4. The fraction of sp³-hybridized carbons (Fsp3) is 0.500. The number of hydrogen-bond acceptors (Lipinski definition) is 6. The van der Waals surface area contributed by atoms with Crippen LogP contribution in [0.15, 0.2) is 30.4 Å². The summed E-state index contributed by atoms with van der Waals surface area (Å²) in [6, 6.07) is 4.74. The van der Waals surface area contributed by atoms with Gasteiger partial charge in [0.25, 0.3) is 5.69 Å². The molecule has 2 saturated heterocycles. The molecule has 0 N–H and O–H groups in total. The molecule has 1 aromatic rings. The zero-order valence-electron chi connectivity index (χ0n) is 15.7. The summed E-state index contributed by atoms with van der Waals surface area (Å²) in [4.78, 5) is 42.6. The Morgan fingerprint density at radius 3 is 2.18 bits per heavy atom.